The van der Waals surface area contributed by atoms with Crippen molar-refractivity contribution in [3.8, 4) is 5.69 Å². The Morgan fingerprint density at radius 1 is 1.10 bits per heavy atom. The number of hydrogen-bond donors (Lipinski definition) is 2. The van der Waals surface area contributed by atoms with Gasteiger partial charge in [-0.2, -0.15) is 5.10 Å². The lowest BCUT2D eigenvalue weighted by atomic mass is 10.1. The Labute approximate surface area is 166 Å². The third-order valence-electron chi connectivity index (χ3n) is 4.31. The molecular formula is C21H20F2N4O2. The number of nitrogens with zero attached hydrogens (tertiary/aromatic N) is 2. The van der Waals surface area contributed by atoms with Gasteiger partial charge < -0.3 is 10.6 Å². The van der Waals surface area contributed by atoms with Crippen molar-refractivity contribution < 1.29 is 18.4 Å². The Morgan fingerprint density at radius 3 is 2.55 bits per heavy atom. The summed E-state index contributed by atoms with van der Waals surface area (Å²) in [6.07, 6.45) is 0. The molecule has 1 atom stereocenters. The molecule has 0 radical (unpaired) electrons. The second-order valence-corrected chi connectivity index (χ2v) is 6.68. The molecule has 2 amide bonds. The van der Waals surface area contributed by atoms with Crippen LogP contribution in [0.5, 0.6) is 0 Å². The van der Waals surface area contributed by atoms with Gasteiger partial charge in [-0.05, 0) is 49.7 Å². The molecule has 1 heterocycles. The maximum absolute atomic E-state index is 14.1. The smallest absolute Gasteiger partial charge is 0.272 e. The monoisotopic (exact) mass is 398 g/mol. The van der Waals surface area contributed by atoms with E-state index in [1.165, 1.54) is 23.7 Å². The van der Waals surface area contributed by atoms with Gasteiger partial charge in [-0.3, -0.25) is 9.59 Å². The molecule has 0 saturated carbocycles. The van der Waals surface area contributed by atoms with Crippen LogP contribution in [0.4, 0.5) is 14.5 Å². The Kier molecular flexibility index (Phi) is 5.72. The molecule has 2 aromatic carbocycles. The summed E-state index contributed by atoms with van der Waals surface area (Å²) < 4.78 is 28.5. The van der Waals surface area contributed by atoms with Gasteiger partial charge in [-0.1, -0.05) is 12.1 Å². The quantitative estimate of drug-likeness (QED) is 0.684. The second-order valence-electron chi connectivity index (χ2n) is 6.68. The topological polar surface area (TPSA) is 76.0 Å². The maximum Gasteiger partial charge on any atom is 0.272 e. The molecule has 8 heteroatoms. The van der Waals surface area contributed by atoms with Gasteiger partial charge in [0.1, 0.15) is 11.5 Å². The van der Waals surface area contributed by atoms with E-state index < -0.39 is 17.5 Å². The molecule has 1 aromatic heterocycles. The number of aryl methyl sites for hydroxylation is 1. The Morgan fingerprint density at radius 2 is 1.86 bits per heavy atom. The largest absolute Gasteiger partial charge is 0.344 e. The average Bonchev–Trinajstić information content (AvgIpc) is 3.03. The highest BCUT2D eigenvalue weighted by molar-refractivity contribution is 5.93. The first-order valence-corrected chi connectivity index (χ1v) is 8.95. The molecule has 0 bridgehead atoms. The van der Waals surface area contributed by atoms with Crippen molar-refractivity contribution in [1.82, 2.24) is 15.1 Å². The summed E-state index contributed by atoms with van der Waals surface area (Å²) in [4.78, 5) is 23.8. The zero-order valence-corrected chi connectivity index (χ0v) is 16.2. The van der Waals surface area contributed by atoms with E-state index in [0.717, 1.165) is 17.7 Å². The lowest BCUT2D eigenvalue weighted by Crippen LogP contribution is -2.27. The van der Waals surface area contributed by atoms with E-state index in [1.54, 1.807) is 32.0 Å². The van der Waals surface area contributed by atoms with Crippen LogP contribution in [0.2, 0.25) is 0 Å². The number of carbonyl (C=O) groups excluding carboxylic acids is 2. The van der Waals surface area contributed by atoms with Gasteiger partial charge in [-0.15, -0.1) is 0 Å². The van der Waals surface area contributed by atoms with Crippen LogP contribution in [0.3, 0.4) is 0 Å². The second kappa shape index (κ2) is 8.22. The number of aromatic nitrogens is 2. The summed E-state index contributed by atoms with van der Waals surface area (Å²) in [6.45, 7) is 4.89. The fourth-order valence-electron chi connectivity index (χ4n) is 2.93. The molecule has 0 spiro atoms. The Bertz CT molecular complexity index is 1080. The van der Waals surface area contributed by atoms with Gasteiger partial charge >= 0.3 is 0 Å². The van der Waals surface area contributed by atoms with Crippen molar-refractivity contribution in [2.45, 2.75) is 26.8 Å². The third-order valence-corrected chi connectivity index (χ3v) is 4.31. The number of nitrogens with one attached hydrogen (secondary N) is 2. The first-order valence-electron chi connectivity index (χ1n) is 8.95. The number of benzene rings is 2. The standard InChI is InChI=1S/C21H20F2N4O2/c1-12-9-19(26-27(12)20-8-7-16(22)11-18(20)23)21(29)24-13(2)15-5-4-6-17(10-15)25-14(3)28/h4-11,13H,1-3H3,(H,24,29)(H,25,28)/t13-/m1/s1. The van der Waals surface area contributed by atoms with Crippen LogP contribution < -0.4 is 10.6 Å². The number of halogens is 2. The molecule has 0 unspecified atom stereocenters. The van der Waals surface area contributed by atoms with E-state index in [4.69, 9.17) is 0 Å². The van der Waals surface area contributed by atoms with Gasteiger partial charge in [-0.25, -0.2) is 13.5 Å². The molecule has 0 aliphatic rings. The molecule has 2 N–H and O–H groups in total. The van der Waals surface area contributed by atoms with Crippen molar-refractivity contribution >= 4 is 17.5 Å². The average molecular weight is 398 g/mol. The predicted molar refractivity (Wildman–Crippen MR) is 105 cm³/mol. The number of amides is 2. The van der Waals surface area contributed by atoms with Crippen LogP contribution in [0.1, 0.15) is 41.6 Å². The molecule has 3 aromatic rings. The van der Waals surface area contributed by atoms with Gasteiger partial charge in [0.15, 0.2) is 11.5 Å². The van der Waals surface area contributed by atoms with Crippen molar-refractivity contribution in [3.05, 3.63) is 77.1 Å². The van der Waals surface area contributed by atoms with E-state index in [-0.39, 0.29) is 23.3 Å². The highest BCUT2D eigenvalue weighted by Gasteiger charge is 2.18. The number of rotatable bonds is 5. The van der Waals surface area contributed by atoms with Crippen molar-refractivity contribution in [3.63, 3.8) is 0 Å². The third kappa shape index (κ3) is 4.66. The minimum atomic E-state index is -0.772. The lowest BCUT2D eigenvalue weighted by Gasteiger charge is -2.14. The first-order chi connectivity index (χ1) is 13.7. The highest BCUT2D eigenvalue weighted by atomic mass is 19.1. The molecular weight excluding hydrogens is 378 g/mol. The summed E-state index contributed by atoms with van der Waals surface area (Å²) in [6, 6.07) is 11.5. The van der Waals surface area contributed by atoms with Gasteiger partial charge in [0.25, 0.3) is 5.91 Å². The van der Waals surface area contributed by atoms with Crippen LogP contribution in [-0.4, -0.2) is 21.6 Å². The first kappa shape index (κ1) is 20.2. The molecule has 0 fully saturated rings. The van der Waals surface area contributed by atoms with E-state index in [2.05, 4.69) is 15.7 Å². The van der Waals surface area contributed by atoms with Crippen LogP contribution in [0, 0.1) is 18.6 Å². The normalized spacial score (nSPS) is 11.8. The van der Waals surface area contributed by atoms with Crippen molar-refractivity contribution in [2.75, 3.05) is 5.32 Å². The molecule has 6 nitrogen and oxygen atoms in total. The molecule has 150 valence electrons. The zero-order valence-electron chi connectivity index (χ0n) is 16.2. The zero-order chi connectivity index (χ0) is 21.1. The maximum atomic E-state index is 14.1. The molecule has 0 aliphatic heterocycles. The van der Waals surface area contributed by atoms with Crippen molar-refractivity contribution in [1.29, 1.82) is 0 Å². The van der Waals surface area contributed by atoms with Crippen LogP contribution in [0.25, 0.3) is 5.69 Å². The minimum Gasteiger partial charge on any atom is -0.344 e. The summed E-state index contributed by atoms with van der Waals surface area (Å²) in [7, 11) is 0. The predicted octanol–water partition coefficient (Wildman–Crippen LogP) is 3.91. The van der Waals surface area contributed by atoms with E-state index in [0.29, 0.717) is 11.4 Å². The van der Waals surface area contributed by atoms with Gasteiger partial charge in [0.05, 0.1) is 6.04 Å². The van der Waals surface area contributed by atoms with Crippen LogP contribution in [-0.2, 0) is 4.79 Å². The fraction of sp³-hybridized carbons (Fsp3) is 0.190. The summed E-state index contributed by atoms with van der Waals surface area (Å²) >= 11 is 0. The van der Waals surface area contributed by atoms with E-state index in [9.17, 15) is 18.4 Å². The fourth-order valence-corrected chi connectivity index (χ4v) is 2.93. The minimum absolute atomic E-state index is 0.0546. The van der Waals surface area contributed by atoms with E-state index >= 15 is 0 Å². The van der Waals surface area contributed by atoms with Gasteiger partial charge in [0, 0.05) is 24.4 Å². The van der Waals surface area contributed by atoms with Crippen molar-refractivity contribution in [2.24, 2.45) is 0 Å². The lowest BCUT2D eigenvalue weighted by molar-refractivity contribution is -0.114. The van der Waals surface area contributed by atoms with Crippen LogP contribution in [0.15, 0.2) is 48.5 Å². The highest BCUT2D eigenvalue weighted by Crippen LogP contribution is 2.20. The Balaban J connectivity index is 1.78. The summed E-state index contributed by atoms with van der Waals surface area (Å²) in [5.74, 6) is -2.09. The SMILES string of the molecule is CC(=O)Nc1cccc([C@@H](C)NC(=O)c2cc(C)n(-c3ccc(F)cc3F)n2)c1. The van der Waals surface area contributed by atoms with E-state index in [1.807, 2.05) is 6.07 Å². The molecule has 0 aliphatic carbocycles. The Hall–Kier alpha value is -3.55. The number of hydrogen-bond acceptors (Lipinski definition) is 3. The number of carbonyl (C=O) groups is 2. The molecule has 3 rings (SSSR count). The molecule has 29 heavy (non-hydrogen) atoms. The molecule has 0 saturated heterocycles. The van der Waals surface area contributed by atoms with Gasteiger partial charge in [0.2, 0.25) is 5.91 Å². The van der Waals surface area contributed by atoms with Crippen LogP contribution >= 0.6 is 0 Å². The summed E-state index contributed by atoms with van der Waals surface area (Å²) in [5, 5.41) is 9.68. The summed E-state index contributed by atoms with van der Waals surface area (Å²) in [5.41, 5.74) is 2.12. The number of anilines is 1.